The molecule has 2 aromatic heterocycles. The van der Waals surface area contributed by atoms with Gasteiger partial charge in [0.15, 0.2) is 5.89 Å². The summed E-state index contributed by atoms with van der Waals surface area (Å²) in [7, 11) is -3.56. The molecule has 1 aromatic carbocycles. The van der Waals surface area contributed by atoms with Crippen molar-refractivity contribution in [3.05, 3.63) is 77.2 Å². The summed E-state index contributed by atoms with van der Waals surface area (Å²) in [4.78, 5) is 8.56. The zero-order chi connectivity index (χ0) is 19.6. The van der Waals surface area contributed by atoms with Crippen molar-refractivity contribution >= 4 is 21.6 Å². The lowest BCUT2D eigenvalue weighted by Crippen LogP contribution is -2.39. The van der Waals surface area contributed by atoms with Gasteiger partial charge >= 0.3 is 0 Å². The van der Waals surface area contributed by atoms with Crippen LogP contribution in [0, 0.1) is 0 Å². The van der Waals surface area contributed by atoms with E-state index in [4.69, 9.17) is 16.0 Å². The fourth-order valence-corrected chi connectivity index (χ4v) is 5.02. The minimum absolute atomic E-state index is 0.0563. The first kappa shape index (κ1) is 19.1. The molecule has 0 amide bonds. The van der Waals surface area contributed by atoms with E-state index in [9.17, 15) is 8.42 Å². The molecular weight excluding hydrogens is 398 g/mol. The molecule has 0 radical (unpaired) electrons. The number of halogens is 1. The molecule has 0 saturated carbocycles. The highest BCUT2D eigenvalue weighted by molar-refractivity contribution is 7.89. The van der Waals surface area contributed by atoms with E-state index in [0.29, 0.717) is 30.4 Å². The second-order valence-electron chi connectivity index (χ2n) is 6.86. The number of pyridine rings is 1. The maximum absolute atomic E-state index is 12.9. The van der Waals surface area contributed by atoms with Crippen LogP contribution >= 0.6 is 11.6 Å². The summed E-state index contributed by atoms with van der Waals surface area (Å²) in [5, 5.41) is 0.694. The number of aromatic nitrogens is 2. The van der Waals surface area contributed by atoms with Gasteiger partial charge in [-0.3, -0.25) is 4.98 Å². The molecule has 3 aromatic rings. The van der Waals surface area contributed by atoms with E-state index in [1.54, 1.807) is 24.5 Å². The van der Waals surface area contributed by atoms with Crippen LogP contribution in [0.2, 0.25) is 5.02 Å². The Hall–Kier alpha value is -2.22. The molecule has 8 heteroatoms. The second-order valence-corrected chi connectivity index (χ2v) is 9.23. The van der Waals surface area contributed by atoms with E-state index in [1.165, 1.54) is 10.5 Å². The molecule has 0 bridgehead atoms. The molecule has 3 heterocycles. The zero-order valence-corrected chi connectivity index (χ0v) is 16.7. The normalized spacial score (nSPS) is 18.2. The Morgan fingerprint density at radius 2 is 2.00 bits per heavy atom. The molecule has 146 valence electrons. The number of benzene rings is 1. The van der Waals surface area contributed by atoms with Gasteiger partial charge in [-0.1, -0.05) is 23.7 Å². The largest absolute Gasteiger partial charge is 0.445 e. The van der Waals surface area contributed by atoms with Crippen molar-refractivity contribution in [2.24, 2.45) is 0 Å². The van der Waals surface area contributed by atoms with E-state index >= 15 is 0 Å². The number of hydrogen-bond donors (Lipinski definition) is 0. The molecule has 0 N–H and O–H groups in total. The third-order valence-corrected chi connectivity index (χ3v) is 6.97. The van der Waals surface area contributed by atoms with Gasteiger partial charge in [-0.25, -0.2) is 13.4 Å². The zero-order valence-electron chi connectivity index (χ0n) is 15.2. The van der Waals surface area contributed by atoms with Gasteiger partial charge in [-0.2, -0.15) is 4.31 Å². The molecule has 0 unspecified atom stereocenters. The molecule has 1 saturated heterocycles. The average molecular weight is 418 g/mol. The van der Waals surface area contributed by atoms with Crippen molar-refractivity contribution < 1.29 is 12.8 Å². The number of nitrogens with zero attached hydrogens (tertiary/aromatic N) is 3. The Bertz CT molecular complexity index is 1040. The number of oxazole rings is 1. The molecule has 28 heavy (non-hydrogen) atoms. The highest BCUT2D eigenvalue weighted by Crippen LogP contribution is 2.30. The molecule has 1 aliphatic heterocycles. The van der Waals surface area contributed by atoms with Crippen LogP contribution in [0.3, 0.4) is 0 Å². The van der Waals surface area contributed by atoms with Crippen LogP contribution in [-0.2, 0) is 16.4 Å². The van der Waals surface area contributed by atoms with E-state index in [0.717, 1.165) is 24.2 Å². The molecule has 0 spiro atoms. The average Bonchev–Trinajstić information content (AvgIpc) is 3.19. The van der Waals surface area contributed by atoms with Gasteiger partial charge in [0.05, 0.1) is 6.20 Å². The van der Waals surface area contributed by atoms with Gasteiger partial charge < -0.3 is 4.42 Å². The molecule has 4 rings (SSSR count). The van der Waals surface area contributed by atoms with Crippen LogP contribution in [0.15, 0.2) is 64.3 Å². The summed E-state index contributed by atoms with van der Waals surface area (Å²) in [6.07, 6.45) is 6.90. The minimum atomic E-state index is -3.56. The quantitative estimate of drug-likeness (QED) is 0.629. The third-order valence-electron chi connectivity index (χ3n) is 4.87. The summed E-state index contributed by atoms with van der Waals surface area (Å²) >= 11 is 5.92. The standard InChI is InChI=1S/C20H20ClN3O3S/c21-17-7-5-15(6-8-17)11-18-12-23-20(27-18)16-3-2-10-24(14-16)28(25,26)19-4-1-9-22-13-19/h1,4-9,12-13,16H,2-3,10-11,14H2/t16-/m0/s1. The van der Waals surface area contributed by atoms with Crippen LogP contribution in [0.25, 0.3) is 0 Å². The topological polar surface area (TPSA) is 76.3 Å². The van der Waals surface area contributed by atoms with Gasteiger partial charge in [-0.05, 0) is 42.7 Å². The number of piperidine rings is 1. The summed E-state index contributed by atoms with van der Waals surface area (Å²) in [5.74, 6) is 1.29. The van der Waals surface area contributed by atoms with Gasteiger partial charge in [0, 0.05) is 42.8 Å². The highest BCUT2D eigenvalue weighted by Gasteiger charge is 2.33. The van der Waals surface area contributed by atoms with Crippen molar-refractivity contribution in [1.82, 2.24) is 14.3 Å². The molecule has 1 fully saturated rings. The third kappa shape index (κ3) is 4.11. The SMILES string of the molecule is O=S(=O)(c1cccnc1)N1CCC[C@H](c2ncc(Cc3ccc(Cl)cc3)o2)C1. The van der Waals surface area contributed by atoms with Gasteiger partial charge in [0.2, 0.25) is 10.0 Å². The maximum atomic E-state index is 12.9. The fraction of sp³-hybridized carbons (Fsp3) is 0.300. The maximum Gasteiger partial charge on any atom is 0.244 e. The molecular formula is C20H20ClN3O3S. The lowest BCUT2D eigenvalue weighted by molar-refractivity contribution is 0.281. The molecule has 1 atom stereocenters. The fourth-order valence-electron chi connectivity index (χ4n) is 3.41. The van der Waals surface area contributed by atoms with Gasteiger partial charge in [0.1, 0.15) is 10.7 Å². The second kappa shape index (κ2) is 8.03. The predicted octanol–water partition coefficient (Wildman–Crippen LogP) is 3.88. The van der Waals surface area contributed by atoms with Crippen molar-refractivity contribution in [1.29, 1.82) is 0 Å². The van der Waals surface area contributed by atoms with Crippen molar-refractivity contribution in [3.63, 3.8) is 0 Å². The van der Waals surface area contributed by atoms with Crippen molar-refractivity contribution in [2.45, 2.75) is 30.1 Å². The Kier molecular flexibility index (Phi) is 5.48. The van der Waals surface area contributed by atoms with Crippen LogP contribution in [-0.4, -0.2) is 35.8 Å². The summed E-state index contributed by atoms with van der Waals surface area (Å²) in [5.41, 5.74) is 1.08. The Balaban J connectivity index is 1.48. The Morgan fingerprint density at radius 3 is 2.75 bits per heavy atom. The predicted molar refractivity (Wildman–Crippen MR) is 106 cm³/mol. The van der Waals surface area contributed by atoms with Gasteiger partial charge in [0.25, 0.3) is 0 Å². The smallest absolute Gasteiger partial charge is 0.244 e. The van der Waals surface area contributed by atoms with E-state index in [1.807, 2.05) is 24.3 Å². The van der Waals surface area contributed by atoms with Crippen LogP contribution in [0.1, 0.15) is 36.0 Å². The monoisotopic (exact) mass is 417 g/mol. The number of rotatable bonds is 5. The summed E-state index contributed by atoms with van der Waals surface area (Å²) in [6, 6.07) is 10.8. The summed E-state index contributed by atoms with van der Waals surface area (Å²) < 4.78 is 33.2. The first-order chi connectivity index (χ1) is 13.5. The first-order valence-corrected chi connectivity index (χ1v) is 10.9. The van der Waals surface area contributed by atoms with Gasteiger partial charge in [-0.15, -0.1) is 0 Å². The Morgan fingerprint density at radius 1 is 1.18 bits per heavy atom. The molecule has 6 nitrogen and oxygen atoms in total. The van der Waals surface area contributed by atoms with Crippen molar-refractivity contribution in [2.75, 3.05) is 13.1 Å². The van der Waals surface area contributed by atoms with Crippen molar-refractivity contribution in [3.8, 4) is 0 Å². The Labute approximate surface area is 169 Å². The molecule has 1 aliphatic rings. The summed E-state index contributed by atoms with van der Waals surface area (Å²) in [6.45, 7) is 0.851. The van der Waals surface area contributed by atoms with E-state index < -0.39 is 10.0 Å². The number of hydrogen-bond acceptors (Lipinski definition) is 5. The first-order valence-electron chi connectivity index (χ1n) is 9.11. The van der Waals surface area contributed by atoms with Crippen LogP contribution in [0.5, 0.6) is 0 Å². The molecule has 0 aliphatic carbocycles. The highest BCUT2D eigenvalue weighted by atomic mass is 35.5. The lowest BCUT2D eigenvalue weighted by Gasteiger charge is -2.30. The minimum Gasteiger partial charge on any atom is -0.445 e. The number of sulfonamides is 1. The van der Waals surface area contributed by atoms with E-state index in [2.05, 4.69) is 9.97 Å². The van der Waals surface area contributed by atoms with Crippen LogP contribution < -0.4 is 0 Å². The van der Waals surface area contributed by atoms with E-state index in [-0.39, 0.29) is 10.8 Å². The van der Waals surface area contributed by atoms with Crippen LogP contribution in [0.4, 0.5) is 0 Å². The lowest BCUT2D eigenvalue weighted by atomic mass is 10.00.